The van der Waals surface area contributed by atoms with Gasteiger partial charge in [-0.15, -0.1) is 0 Å². The predicted molar refractivity (Wildman–Crippen MR) is 67.3 cm³/mol. The largest absolute Gasteiger partial charge is 0.339 e. The van der Waals surface area contributed by atoms with Gasteiger partial charge in [-0.2, -0.15) is 5.10 Å². The van der Waals surface area contributed by atoms with E-state index in [1.165, 1.54) is 12.8 Å². The van der Waals surface area contributed by atoms with Crippen molar-refractivity contribution >= 4 is 12.0 Å². The summed E-state index contributed by atoms with van der Waals surface area (Å²) >= 11 is 0. The molecule has 1 fully saturated rings. The number of likely N-dealkylation sites (tertiary alicyclic amines) is 1. The van der Waals surface area contributed by atoms with Gasteiger partial charge in [0, 0.05) is 38.0 Å². The number of aromatic nitrogens is 2. The zero-order valence-electron chi connectivity index (χ0n) is 10.3. The van der Waals surface area contributed by atoms with Crippen molar-refractivity contribution in [3.63, 3.8) is 0 Å². The van der Waals surface area contributed by atoms with E-state index in [1.54, 1.807) is 17.0 Å². The van der Waals surface area contributed by atoms with E-state index in [9.17, 15) is 4.79 Å². The first kappa shape index (κ1) is 11.9. The molecule has 1 aliphatic heterocycles. The molecule has 0 radical (unpaired) electrons. The number of hydrogen-bond acceptors (Lipinski definition) is 2. The lowest BCUT2D eigenvalue weighted by molar-refractivity contribution is -0.125. The van der Waals surface area contributed by atoms with Crippen LogP contribution in [-0.4, -0.2) is 33.7 Å². The summed E-state index contributed by atoms with van der Waals surface area (Å²) in [5.74, 6) is 0.121. The van der Waals surface area contributed by atoms with Gasteiger partial charge in [0.05, 0.1) is 6.20 Å². The first-order valence-corrected chi connectivity index (χ1v) is 6.21. The molecule has 92 valence electrons. The summed E-state index contributed by atoms with van der Waals surface area (Å²) in [5, 5.41) is 4.06. The number of hydrogen-bond donors (Lipinski definition) is 0. The zero-order chi connectivity index (χ0) is 12.1. The Hall–Kier alpha value is -1.58. The van der Waals surface area contributed by atoms with Crippen molar-refractivity contribution in [2.24, 2.45) is 7.05 Å². The molecule has 0 spiro atoms. The lowest BCUT2D eigenvalue weighted by Gasteiger charge is -2.17. The molecule has 4 nitrogen and oxygen atoms in total. The van der Waals surface area contributed by atoms with E-state index in [0.717, 1.165) is 31.5 Å². The maximum Gasteiger partial charge on any atom is 0.246 e. The SMILES string of the molecule is Cn1cc(C=CC(=O)N2CCCCCC2)cn1. The third-order valence-corrected chi connectivity index (χ3v) is 3.06. The third-order valence-electron chi connectivity index (χ3n) is 3.06. The predicted octanol–water partition coefficient (Wildman–Crippen LogP) is 1.84. The molecular weight excluding hydrogens is 214 g/mol. The maximum absolute atomic E-state index is 11.9. The highest BCUT2D eigenvalue weighted by Gasteiger charge is 2.12. The molecule has 2 heterocycles. The topological polar surface area (TPSA) is 38.1 Å². The maximum atomic E-state index is 11.9. The Morgan fingerprint density at radius 3 is 2.59 bits per heavy atom. The fraction of sp³-hybridized carbons (Fsp3) is 0.538. The molecular formula is C13H19N3O. The van der Waals surface area contributed by atoms with Crippen molar-refractivity contribution in [1.82, 2.24) is 14.7 Å². The quantitative estimate of drug-likeness (QED) is 0.731. The number of carbonyl (C=O) groups is 1. The highest BCUT2D eigenvalue weighted by Crippen LogP contribution is 2.10. The Labute approximate surface area is 102 Å². The van der Waals surface area contributed by atoms with E-state index in [2.05, 4.69) is 5.10 Å². The van der Waals surface area contributed by atoms with Crippen molar-refractivity contribution < 1.29 is 4.79 Å². The Bertz CT molecular complexity index is 401. The summed E-state index contributed by atoms with van der Waals surface area (Å²) in [7, 11) is 1.87. The van der Waals surface area contributed by atoms with Gasteiger partial charge in [-0.25, -0.2) is 0 Å². The lowest BCUT2D eigenvalue weighted by Crippen LogP contribution is -2.30. The average Bonchev–Trinajstić information content (AvgIpc) is 2.58. The van der Waals surface area contributed by atoms with Gasteiger partial charge in [-0.05, 0) is 18.9 Å². The number of aryl methyl sites for hydroxylation is 1. The van der Waals surface area contributed by atoms with Crippen molar-refractivity contribution in [3.05, 3.63) is 24.0 Å². The van der Waals surface area contributed by atoms with Gasteiger partial charge in [-0.3, -0.25) is 9.48 Å². The van der Waals surface area contributed by atoms with E-state index in [4.69, 9.17) is 0 Å². The minimum absolute atomic E-state index is 0.121. The van der Waals surface area contributed by atoms with Gasteiger partial charge >= 0.3 is 0 Å². The first-order chi connectivity index (χ1) is 8.25. The van der Waals surface area contributed by atoms with E-state index < -0.39 is 0 Å². The van der Waals surface area contributed by atoms with Gasteiger partial charge in [-0.1, -0.05) is 12.8 Å². The minimum atomic E-state index is 0.121. The minimum Gasteiger partial charge on any atom is -0.339 e. The van der Waals surface area contributed by atoms with Crippen LogP contribution >= 0.6 is 0 Å². The summed E-state index contributed by atoms with van der Waals surface area (Å²) < 4.78 is 1.73. The number of carbonyl (C=O) groups excluding carboxylic acids is 1. The zero-order valence-corrected chi connectivity index (χ0v) is 10.3. The van der Waals surface area contributed by atoms with E-state index in [0.29, 0.717) is 0 Å². The van der Waals surface area contributed by atoms with Crippen LogP contribution in [0.4, 0.5) is 0 Å². The standard InChI is InChI=1S/C13H19N3O/c1-15-11-12(10-14-15)6-7-13(17)16-8-4-2-3-5-9-16/h6-7,10-11H,2-5,8-9H2,1H3. The molecule has 1 aliphatic rings. The van der Waals surface area contributed by atoms with Crippen LogP contribution in [0, 0.1) is 0 Å². The second-order valence-corrected chi connectivity index (χ2v) is 4.52. The van der Waals surface area contributed by atoms with Gasteiger partial charge in [0.2, 0.25) is 5.91 Å². The van der Waals surface area contributed by atoms with Crippen LogP contribution in [0.5, 0.6) is 0 Å². The fourth-order valence-corrected chi connectivity index (χ4v) is 2.09. The third kappa shape index (κ3) is 3.44. The molecule has 1 saturated heterocycles. The Balaban J connectivity index is 1.93. The molecule has 1 aromatic heterocycles. The van der Waals surface area contributed by atoms with Crippen LogP contribution in [0.1, 0.15) is 31.2 Å². The Morgan fingerprint density at radius 2 is 2.00 bits per heavy atom. The van der Waals surface area contributed by atoms with Gasteiger partial charge < -0.3 is 4.90 Å². The summed E-state index contributed by atoms with van der Waals surface area (Å²) in [4.78, 5) is 13.9. The molecule has 0 saturated carbocycles. The summed E-state index contributed by atoms with van der Waals surface area (Å²) in [6, 6.07) is 0. The number of rotatable bonds is 2. The molecule has 0 aromatic carbocycles. The van der Waals surface area contributed by atoms with Crippen LogP contribution in [0.15, 0.2) is 18.5 Å². The normalized spacial score (nSPS) is 17.4. The number of amides is 1. The molecule has 1 aromatic rings. The van der Waals surface area contributed by atoms with Gasteiger partial charge in [0.15, 0.2) is 0 Å². The molecule has 0 atom stereocenters. The van der Waals surface area contributed by atoms with E-state index in [1.807, 2.05) is 24.2 Å². The van der Waals surface area contributed by atoms with Crippen LogP contribution in [0.3, 0.4) is 0 Å². The Morgan fingerprint density at radius 1 is 1.29 bits per heavy atom. The molecule has 0 unspecified atom stereocenters. The highest BCUT2D eigenvalue weighted by molar-refractivity contribution is 5.91. The lowest BCUT2D eigenvalue weighted by atomic mass is 10.2. The van der Waals surface area contributed by atoms with Gasteiger partial charge in [0.1, 0.15) is 0 Å². The molecule has 1 amide bonds. The molecule has 4 heteroatoms. The summed E-state index contributed by atoms with van der Waals surface area (Å²) in [5.41, 5.74) is 0.968. The van der Waals surface area contributed by atoms with Gasteiger partial charge in [0.25, 0.3) is 0 Å². The van der Waals surface area contributed by atoms with Crippen molar-refractivity contribution in [2.75, 3.05) is 13.1 Å². The molecule has 2 rings (SSSR count). The fourth-order valence-electron chi connectivity index (χ4n) is 2.09. The molecule has 0 aliphatic carbocycles. The second kappa shape index (κ2) is 5.66. The summed E-state index contributed by atoms with van der Waals surface area (Å²) in [6.45, 7) is 1.80. The Kier molecular flexibility index (Phi) is 3.96. The smallest absolute Gasteiger partial charge is 0.246 e. The van der Waals surface area contributed by atoms with Crippen LogP contribution in [0.25, 0.3) is 6.08 Å². The molecule has 0 bridgehead atoms. The van der Waals surface area contributed by atoms with Crippen LogP contribution in [0.2, 0.25) is 0 Å². The summed E-state index contributed by atoms with van der Waals surface area (Å²) in [6.07, 6.45) is 11.9. The number of nitrogens with zero attached hydrogens (tertiary/aromatic N) is 3. The highest BCUT2D eigenvalue weighted by atomic mass is 16.2. The molecule has 0 N–H and O–H groups in total. The van der Waals surface area contributed by atoms with Crippen molar-refractivity contribution in [3.8, 4) is 0 Å². The first-order valence-electron chi connectivity index (χ1n) is 6.21. The van der Waals surface area contributed by atoms with E-state index in [-0.39, 0.29) is 5.91 Å². The van der Waals surface area contributed by atoms with Crippen LogP contribution < -0.4 is 0 Å². The average molecular weight is 233 g/mol. The monoisotopic (exact) mass is 233 g/mol. The molecule has 17 heavy (non-hydrogen) atoms. The van der Waals surface area contributed by atoms with E-state index >= 15 is 0 Å². The van der Waals surface area contributed by atoms with Crippen molar-refractivity contribution in [2.45, 2.75) is 25.7 Å². The van der Waals surface area contributed by atoms with Crippen LogP contribution in [-0.2, 0) is 11.8 Å². The second-order valence-electron chi connectivity index (χ2n) is 4.52. The van der Waals surface area contributed by atoms with Crippen molar-refractivity contribution in [1.29, 1.82) is 0 Å².